The predicted molar refractivity (Wildman–Crippen MR) is 126 cm³/mol. The van der Waals surface area contributed by atoms with Gasteiger partial charge in [-0.25, -0.2) is 9.97 Å². The summed E-state index contributed by atoms with van der Waals surface area (Å²) in [6.45, 7) is 2.77. The summed E-state index contributed by atoms with van der Waals surface area (Å²) < 4.78 is 10.8. The maximum absolute atomic E-state index is 5.45. The molecule has 0 unspecified atom stereocenters. The van der Waals surface area contributed by atoms with Gasteiger partial charge in [0.2, 0.25) is 0 Å². The van der Waals surface area contributed by atoms with E-state index in [0.29, 0.717) is 0 Å². The summed E-state index contributed by atoms with van der Waals surface area (Å²) in [7, 11) is 3.32. The molecule has 0 bridgehead atoms. The second-order valence-electron chi connectivity index (χ2n) is 7.70. The average Bonchev–Trinajstić information content (AvgIpc) is 3.32. The molecule has 32 heavy (non-hydrogen) atoms. The zero-order valence-electron chi connectivity index (χ0n) is 18.1. The van der Waals surface area contributed by atoms with E-state index in [1.807, 2.05) is 48.0 Å². The fourth-order valence-corrected chi connectivity index (χ4v) is 5.02. The van der Waals surface area contributed by atoms with Crippen LogP contribution >= 0.6 is 11.3 Å². The Morgan fingerprint density at radius 3 is 2.72 bits per heavy atom. The summed E-state index contributed by atoms with van der Waals surface area (Å²) in [6.07, 6.45) is 6.48. The Bertz CT molecular complexity index is 1230. The van der Waals surface area contributed by atoms with E-state index in [1.165, 1.54) is 15.3 Å². The third kappa shape index (κ3) is 4.22. The van der Waals surface area contributed by atoms with Crippen molar-refractivity contribution in [3.63, 3.8) is 0 Å². The van der Waals surface area contributed by atoms with Crippen LogP contribution in [0.3, 0.4) is 0 Å². The Balaban J connectivity index is 1.28. The first-order valence-electron chi connectivity index (χ1n) is 10.5. The normalized spacial score (nSPS) is 13.6. The minimum absolute atomic E-state index is 0.744. The lowest BCUT2D eigenvalue weighted by molar-refractivity contribution is 0.245. The number of methoxy groups -OCH3 is 2. The van der Waals surface area contributed by atoms with Crippen molar-refractivity contribution in [2.75, 3.05) is 20.8 Å². The highest BCUT2D eigenvalue weighted by Crippen LogP contribution is 2.36. The molecule has 0 radical (unpaired) electrons. The van der Waals surface area contributed by atoms with Crippen LogP contribution in [0.25, 0.3) is 21.8 Å². The van der Waals surface area contributed by atoms with Crippen molar-refractivity contribution in [2.45, 2.75) is 19.5 Å². The van der Waals surface area contributed by atoms with Crippen molar-refractivity contribution in [2.24, 2.45) is 0 Å². The Morgan fingerprint density at radius 1 is 1.00 bits per heavy atom. The van der Waals surface area contributed by atoms with Crippen molar-refractivity contribution < 1.29 is 9.47 Å². The van der Waals surface area contributed by atoms with Gasteiger partial charge in [0.1, 0.15) is 0 Å². The van der Waals surface area contributed by atoms with Crippen LogP contribution in [0.1, 0.15) is 16.1 Å². The van der Waals surface area contributed by atoms with Gasteiger partial charge in [0.15, 0.2) is 17.3 Å². The maximum Gasteiger partial charge on any atom is 0.161 e. The van der Waals surface area contributed by atoms with Gasteiger partial charge in [0.05, 0.1) is 19.9 Å². The number of hydrogen-bond donors (Lipinski definition) is 0. The zero-order valence-corrected chi connectivity index (χ0v) is 18.9. The van der Waals surface area contributed by atoms with Gasteiger partial charge in [-0.2, -0.15) is 0 Å². The molecule has 4 aromatic rings. The van der Waals surface area contributed by atoms with Crippen LogP contribution in [0.2, 0.25) is 0 Å². The van der Waals surface area contributed by atoms with Gasteiger partial charge in [-0.1, -0.05) is 0 Å². The molecule has 4 heterocycles. The summed E-state index contributed by atoms with van der Waals surface area (Å²) in [6, 6.07) is 14.4. The highest BCUT2D eigenvalue weighted by atomic mass is 32.1. The monoisotopic (exact) mass is 444 g/mol. The van der Waals surface area contributed by atoms with Gasteiger partial charge >= 0.3 is 0 Å². The lowest BCUT2D eigenvalue weighted by Crippen LogP contribution is -2.30. The fourth-order valence-electron chi connectivity index (χ4n) is 3.97. The predicted octanol–water partition coefficient (Wildman–Crippen LogP) is 4.84. The Labute approximate surface area is 191 Å². The number of pyridine rings is 1. The molecule has 1 aliphatic heterocycles. The Morgan fingerprint density at radius 2 is 1.91 bits per heavy atom. The minimum Gasteiger partial charge on any atom is -0.493 e. The molecule has 3 aromatic heterocycles. The molecule has 0 atom stereocenters. The van der Waals surface area contributed by atoms with Crippen LogP contribution in [0.15, 0.2) is 61.1 Å². The second kappa shape index (κ2) is 9.06. The van der Waals surface area contributed by atoms with Crippen molar-refractivity contribution in [3.05, 3.63) is 77.2 Å². The number of hydrogen-bond acceptors (Lipinski definition) is 7. The van der Waals surface area contributed by atoms with Crippen molar-refractivity contribution >= 4 is 11.3 Å². The highest BCUT2D eigenvalue weighted by Gasteiger charge is 2.20. The van der Waals surface area contributed by atoms with Crippen molar-refractivity contribution in [1.29, 1.82) is 0 Å². The van der Waals surface area contributed by atoms with Crippen molar-refractivity contribution in [1.82, 2.24) is 19.9 Å². The van der Waals surface area contributed by atoms with Gasteiger partial charge in [0, 0.05) is 65.5 Å². The van der Waals surface area contributed by atoms with E-state index in [2.05, 4.69) is 33.1 Å². The number of aromatic nitrogens is 3. The summed E-state index contributed by atoms with van der Waals surface area (Å²) in [5.41, 5.74) is 4.45. The molecule has 7 heteroatoms. The van der Waals surface area contributed by atoms with Crippen LogP contribution in [0.4, 0.5) is 0 Å². The van der Waals surface area contributed by atoms with Gasteiger partial charge in [-0.3, -0.25) is 9.88 Å². The Hall–Kier alpha value is -3.29. The third-order valence-corrected chi connectivity index (χ3v) is 6.76. The average molecular weight is 445 g/mol. The summed E-state index contributed by atoms with van der Waals surface area (Å²) in [5.74, 6) is 2.25. The quantitative estimate of drug-likeness (QED) is 0.424. The molecule has 1 aliphatic rings. The third-order valence-electron chi connectivity index (χ3n) is 5.64. The molecule has 0 fully saturated rings. The summed E-state index contributed by atoms with van der Waals surface area (Å²) in [5, 5.41) is 0. The molecular weight excluding hydrogens is 420 g/mol. The molecular formula is C25H24N4O2S. The molecule has 162 valence electrons. The lowest BCUT2D eigenvalue weighted by atomic mass is 10.1. The topological polar surface area (TPSA) is 60.4 Å². The van der Waals surface area contributed by atoms with Crippen molar-refractivity contribution in [3.8, 4) is 33.3 Å². The van der Waals surface area contributed by atoms with Gasteiger partial charge in [-0.15, -0.1) is 11.3 Å². The van der Waals surface area contributed by atoms with Crippen LogP contribution in [0, 0.1) is 0 Å². The maximum atomic E-state index is 5.45. The van der Waals surface area contributed by atoms with Crippen LogP contribution in [0.5, 0.6) is 11.5 Å². The first-order valence-corrected chi connectivity index (χ1v) is 11.3. The largest absolute Gasteiger partial charge is 0.493 e. The van der Waals surface area contributed by atoms with E-state index in [-0.39, 0.29) is 0 Å². The number of benzene rings is 1. The van der Waals surface area contributed by atoms with Gasteiger partial charge in [0.25, 0.3) is 0 Å². The number of rotatable bonds is 6. The highest BCUT2D eigenvalue weighted by molar-refractivity contribution is 7.15. The van der Waals surface area contributed by atoms with E-state index in [0.717, 1.165) is 60.2 Å². The van der Waals surface area contributed by atoms with E-state index in [4.69, 9.17) is 14.5 Å². The molecule has 1 aromatic carbocycles. The molecule has 0 aliphatic carbocycles. The number of fused-ring (bicyclic) bond motifs is 1. The molecule has 6 nitrogen and oxygen atoms in total. The second-order valence-corrected chi connectivity index (χ2v) is 8.87. The Kier molecular flexibility index (Phi) is 5.83. The summed E-state index contributed by atoms with van der Waals surface area (Å²) >= 11 is 1.82. The standard InChI is InChI=1S/C25H24N4O2S/c1-30-22-7-5-17(12-23(22)31-2)24-8-6-20(32-24)16-29-11-9-21-19(15-29)14-27-25(28-21)18-4-3-10-26-13-18/h3-8,10,12-14H,9,11,15-16H2,1-2H3. The van der Waals surface area contributed by atoms with Gasteiger partial charge < -0.3 is 9.47 Å². The molecule has 0 saturated carbocycles. The van der Waals surface area contributed by atoms with E-state index in [9.17, 15) is 0 Å². The molecule has 0 spiro atoms. The van der Waals surface area contributed by atoms with Crippen LogP contribution < -0.4 is 9.47 Å². The van der Waals surface area contributed by atoms with Gasteiger partial charge in [-0.05, 0) is 48.0 Å². The van der Waals surface area contributed by atoms with Crippen LogP contribution in [-0.2, 0) is 19.5 Å². The molecule has 5 rings (SSSR count). The SMILES string of the molecule is COc1ccc(-c2ccc(CN3CCc4nc(-c5cccnc5)ncc4C3)s2)cc1OC. The zero-order chi connectivity index (χ0) is 21.9. The summed E-state index contributed by atoms with van der Waals surface area (Å²) in [4.78, 5) is 18.6. The van der Waals surface area contributed by atoms with E-state index < -0.39 is 0 Å². The first-order chi connectivity index (χ1) is 15.7. The lowest BCUT2D eigenvalue weighted by Gasteiger charge is -2.27. The van der Waals surface area contributed by atoms with E-state index in [1.54, 1.807) is 20.4 Å². The fraction of sp³-hybridized carbons (Fsp3) is 0.240. The number of nitrogens with zero attached hydrogens (tertiary/aromatic N) is 4. The number of ether oxygens (including phenoxy) is 2. The minimum atomic E-state index is 0.744. The molecule has 0 saturated heterocycles. The van der Waals surface area contributed by atoms with Crippen LogP contribution in [-0.4, -0.2) is 40.6 Å². The van der Waals surface area contributed by atoms with E-state index >= 15 is 0 Å². The molecule has 0 N–H and O–H groups in total. The first kappa shape index (κ1) is 20.6. The molecule has 0 amide bonds. The smallest absolute Gasteiger partial charge is 0.161 e. The number of thiophene rings is 1.